The molecule has 6 nitrogen and oxygen atoms in total. The van der Waals surface area contributed by atoms with Crippen molar-refractivity contribution in [1.82, 2.24) is 0 Å². The standard InChI is InChI=1S/C13H10ClFN2O4/c1-21-12(20)5-9(17-16)10(18)6-11(19)13-7(14)3-2-4-8(13)15/h2-4H,5-6H2,1H3. The lowest BCUT2D eigenvalue weighted by Crippen LogP contribution is -2.23. The molecule has 0 radical (unpaired) electrons. The van der Waals surface area contributed by atoms with Crippen molar-refractivity contribution in [3.63, 3.8) is 0 Å². The number of carbonyl (C=O) groups is 3. The van der Waals surface area contributed by atoms with E-state index in [4.69, 9.17) is 17.1 Å². The van der Waals surface area contributed by atoms with E-state index in [1.54, 1.807) is 0 Å². The van der Waals surface area contributed by atoms with E-state index in [2.05, 4.69) is 9.53 Å². The number of benzene rings is 1. The average Bonchev–Trinajstić information content (AvgIpc) is 2.43. The van der Waals surface area contributed by atoms with Crippen molar-refractivity contribution >= 4 is 34.8 Å². The quantitative estimate of drug-likeness (QED) is 0.200. The zero-order valence-electron chi connectivity index (χ0n) is 10.9. The van der Waals surface area contributed by atoms with Gasteiger partial charge in [-0.3, -0.25) is 14.4 Å². The van der Waals surface area contributed by atoms with Crippen LogP contribution < -0.4 is 0 Å². The van der Waals surface area contributed by atoms with Gasteiger partial charge in [0.1, 0.15) is 5.82 Å². The summed E-state index contributed by atoms with van der Waals surface area (Å²) in [5.41, 5.74) is 7.70. The molecule has 0 saturated heterocycles. The summed E-state index contributed by atoms with van der Waals surface area (Å²) < 4.78 is 17.8. The Labute approximate surface area is 124 Å². The van der Waals surface area contributed by atoms with E-state index in [9.17, 15) is 18.8 Å². The molecule has 0 fully saturated rings. The lowest BCUT2D eigenvalue weighted by molar-refractivity contribution is -0.140. The normalized spacial score (nSPS) is 9.67. The first-order chi connectivity index (χ1) is 9.90. The molecule has 0 aliphatic carbocycles. The maximum Gasteiger partial charge on any atom is 0.346 e. The van der Waals surface area contributed by atoms with Gasteiger partial charge in [0.25, 0.3) is 0 Å². The van der Waals surface area contributed by atoms with E-state index >= 15 is 0 Å². The van der Waals surface area contributed by atoms with Crippen LogP contribution in [0.2, 0.25) is 5.02 Å². The van der Waals surface area contributed by atoms with Gasteiger partial charge in [0.2, 0.25) is 5.78 Å². The smallest absolute Gasteiger partial charge is 0.346 e. The Hall–Kier alpha value is -2.37. The van der Waals surface area contributed by atoms with Gasteiger partial charge in [0.15, 0.2) is 12.2 Å². The molecule has 0 bridgehead atoms. The third kappa shape index (κ3) is 4.30. The molecule has 1 aromatic rings. The van der Waals surface area contributed by atoms with Crippen LogP contribution >= 0.6 is 11.6 Å². The number of Topliss-reactive ketones (excluding diaryl/α,β-unsaturated/α-hetero) is 2. The largest absolute Gasteiger partial charge is 0.469 e. The Morgan fingerprint density at radius 1 is 1.33 bits per heavy atom. The Morgan fingerprint density at radius 3 is 2.52 bits per heavy atom. The molecule has 110 valence electrons. The van der Waals surface area contributed by atoms with Crippen molar-refractivity contribution in [2.45, 2.75) is 12.8 Å². The van der Waals surface area contributed by atoms with Crippen molar-refractivity contribution in [2.24, 2.45) is 0 Å². The van der Waals surface area contributed by atoms with Crippen LogP contribution in [0.1, 0.15) is 23.2 Å². The summed E-state index contributed by atoms with van der Waals surface area (Å²) in [5, 5.41) is -0.136. The molecule has 0 unspecified atom stereocenters. The third-order valence-electron chi connectivity index (χ3n) is 2.54. The SMILES string of the molecule is COC(=O)CC(=[N+]=[N-])C(=O)CC(=O)c1c(F)cccc1Cl. The molecular weight excluding hydrogens is 303 g/mol. The van der Waals surface area contributed by atoms with Gasteiger partial charge in [-0.15, -0.1) is 0 Å². The van der Waals surface area contributed by atoms with Crippen molar-refractivity contribution in [3.05, 3.63) is 40.1 Å². The van der Waals surface area contributed by atoms with Gasteiger partial charge < -0.3 is 10.3 Å². The molecule has 1 rings (SSSR count). The molecule has 21 heavy (non-hydrogen) atoms. The summed E-state index contributed by atoms with van der Waals surface area (Å²) in [6, 6.07) is 3.64. The fourth-order valence-corrected chi connectivity index (χ4v) is 1.77. The van der Waals surface area contributed by atoms with Gasteiger partial charge in [-0.1, -0.05) is 17.7 Å². The van der Waals surface area contributed by atoms with Crippen LogP contribution in [-0.4, -0.2) is 35.1 Å². The number of ether oxygens (including phenoxy) is 1. The summed E-state index contributed by atoms with van der Waals surface area (Å²) in [7, 11) is 1.09. The van der Waals surface area contributed by atoms with Gasteiger partial charge in [-0.25, -0.2) is 4.39 Å². The van der Waals surface area contributed by atoms with E-state index in [1.807, 2.05) is 0 Å². The lowest BCUT2D eigenvalue weighted by Gasteiger charge is -2.03. The van der Waals surface area contributed by atoms with E-state index in [-0.39, 0.29) is 5.02 Å². The summed E-state index contributed by atoms with van der Waals surface area (Å²) in [4.78, 5) is 37.3. The molecule has 0 aromatic heterocycles. The monoisotopic (exact) mass is 312 g/mol. The van der Waals surface area contributed by atoms with Crippen LogP contribution in [0.15, 0.2) is 18.2 Å². The van der Waals surface area contributed by atoms with Gasteiger partial charge in [-0.05, 0) is 12.1 Å². The molecule has 0 heterocycles. The second-order valence-corrected chi connectivity index (χ2v) is 4.33. The van der Waals surface area contributed by atoms with Crippen molar-refractivity contribution in [1.29, 1.82) is 0 Å². The Morgan fingerprint density at radius 2 is 2.00 bits per heavy atom. The second-order valence-electron chi connectivity index (χ2n) is 3.92. The van der Waals surface area contributed by atoms with Crippen molar-refractivity contribution < 1.29 is 28.3 Å². The van der Waals surface area contributed by atoms with Crippen LogP contribution in [-0.2, 0) is 14.3 Å². The summed E-state index contributed by atoms with van der Waals surface area (Å²) >= 11 is 5.70. The lowest BCUT2D eigenvalue weighted by atomic mass is 10.0. The molecule has 0 saturated carbocycles. The molecule has 0 atom stereocenters. The number of hydrogen-bond donors (Lipinski definition) is 0. The number of carbonyl (C=O) groups excluding carboxylic acids is 3. The van der Waals surface area contributed by atoms with Crippen LogP contribution in [0.3, 0.4) is 0 Å². The molecule has 1 aromatic carbocycles. The van der Waals surface area contributed by atoms with Gasteiger partial charge >= 0.3 is 11.7 Å². The maximum absolute atomic E-state index is 13.5. The van der Waals surface area contributed by atoms with Crippen molar-refractivity contribution in [2.75, 3.05) is 7.11 Å². The Kier molecular flexibility index (Phi) is 5.90. The molecule has 8 heteroatoms. The molecule has 0 aliphatic rings. The number of hydrogen-bond acceptors (Lipinski definition) is 4. The Balaban J connectivity index is 2.90. The van der Waals surface area contributed by atoms with Crippen molar-refractivity contribution in [3.8, 4) is 0 Å². The first-order valence-electron chi connectivity index (χ1n) is 5.68. The number of ketones is 2. The predicted molar refractivity (Wildman–Crippen MR) is 70.6 cm³/mol. The van der Waals surface area contributed by atoms with E-state index in [0.29, 0.717) is 0 Å². The summed E-state index contributed by atoms with van der Waals surface area (Å²) in [5.74, 6) is -3.48. The molecular formula is C13H10ClFN2O4. The molecule has 0 N–H and O–H groups in total. The van der Waals surface area contributed by atoms with E-state index in [0.717, 1.165) is 13.2 Å². The first kappa shape index (κ1) is 16.7. The maximum atomic E-state index is 13.5. The highest BCUT2D eigenvalue weighted by molar-refractivity contribution is 6.44. The van der Waals surface area contributed by atoms with Gasteiger partial charge in [0, 0.05) is 0 Å². The highest BCUT2D eigenvalue weighted by Crippen LogP contribution is 2.20. The number of nitrogens with zero attached hydrogens (tertiary/aromatic N) is 2. The highest BCUT2D eigenvalue weighted by atomic mass is 35.5. The zero-order chi connectivity index (χ0) is 16.0. The summed E-state index contributed by atoms with van der Waals surface area (Å²) in [6.45, 7) is 0. The number of methoxy groups -OCH3 is 1. The second kappa shape index (κ2) is 7.42. The third-order valence-corrected chi connectivity index (χ3v) is 2.86. The fraction of sp³-hybridized carbons (Fsp3) is 0.231. The zero-order valence-corrected chi connectivity index (χ0v) is 11.7. The molecule has 0 spiro atoms. The minimum atomic E-state index is -0.924. The topological polar surface area (TPSA) is 96.8 Å². The molecule has 0 aliphatic heterocycles. The van der Waals surface area contributed by atoms with E-state index < -0.39 is 47.5 Å². The Bertz CT molecular complexity index is 633. The van der Waals surface area contributed by atoms with E-state index in [1.165, 1.54) is 12.1 Å². The highest BCUT2D eigenvalue weighted by Gasteiger charge is 2.28. The molecule has 0 amide bonds. The number of esters is 1. The minimum absolute atomic E-state index is 0.136. The predicted octanol–water partition coefficient (Wildman–Crippen LogP) is 1.85. The van der Waals surface area contributed by atoms with Crippen LogP contribution in [0.25, 0.3) is 5.53 Å². The van der Waals surface area contributed by atoms with Crippen LogP contribution in [0, 0.1) is 5.82 Å². The van der Waals surface area contributed by atoms with Gasteiger partial charge in [-0.2, -0.15) is 4.79 Å². The summed E-state index contributed by atoms with van der Waals surface area (Å²) in [6.07, 6.45) is -1.37. The van der Waals surface area contributed by atoms with Gasteiger partial charge in [0.05, 0.1) is 24.1 Å². The fourth-order valence-electron chi connectivity index (χ4n) is 1.50. The van der Waals surface area contributed by atoms with Crippen LogP contribution in [0.5, 0.6) is 0 Å². The number of rotatable bonds is 6. The van der Waals surface area contributed by atoms with Crippen LogP contribution in [0.4, 0.5) is 4.39 Å². The average molecular weight is 313 g/mol. The number of halogens is 2. The first-order valence-corrected chi connectivity index (χ1v) is 6.06. The minimum Gasteiger partial charge on any atom is -0.469 e.